The van der Waals surface area contributed by atoms with Crippen molar-refractivity contribution in [3.63, 3.8) is 0 Å². The van der Waals surface area contributed by atoms with Gasteiger partial charge in [0.2, 0.25) is 0 Å². The van der Waals surface area contributed by atoms with E-state index in [9.17, 15) is 0 Å². The molecule has 1 atom stereocenters. The van der Waals surface area contributed by atoms with E-state index in [1.165, 1.54) is 0 Å². The van der Waals surface area contributed by atoms with Crippen molar-refractivity contribution in [3.05, 3.63) is 30.6 Å². The maximum Gasteiger partial charge on any atom is 0.138 e. The van der Waals surface area contributed by atoms with E-state index in [4.69, 9.17) is 11.6 Å². The van der Waals surface area contributed by atoms with E-state index >= 15 is 0 Å². The molecule has 0 fully saturated rings. The number of nitrogens with zero attached hydrogens (tertiary/aromatic N) is 3. The monoisotopic (exact) mass is 223 g/mol. The minimum Gasteiger partial charge on any atom is -0.359 e. The lowest BCUT2D eigenvalue weighted by molar-refractivity contribution is 0.836. The number of rotatable bonds is 3. The number of hydrogen-bond acceptors (Lipinski definition) is 2. The summed E-state index contributed by atoms with van der Waals surface area (Å²) in [5, 5.41) is 0.133. The second-order valence-corrected chi connectivity index (χ2v) is 4.45. The quantitative estimate of drug-likeness (QED) is 0.745. The highest BCUT2D eigenvalue weighted by molar-refractivity contribution is 6.20. The van der Waals surface area contributed by atoms with Gasteiger partial charge in [-0.3, -0.25) is 4.40 Å². The van der Waals surface area contributed by atoms with Crippen molar-refractivity contribution in [3.8, 4) is 0 Å². The highest BCUT2D eigenvalue weighted by atomic mass is 35.5. The summed E-state index contributed by atoms with van der Waals surface area (Å²) in [6.45, 7) is 2.81. The number of pyridine rings is 1. The molecule has 4 heteroatoms. The summed E-state index contributed by atoms with van der Waals surface area (Å²) in [5.41, 5.74) is 0.960. The zero-order valence-electron chi connectivity index (χ0n) is 8.89. The Kier molecular flexibility index (Phi) is 2.82. The third-order valence-corrected chi connectivity index (χ3v) is 2.46. The molecule has 2 aromatic rings. The third kappa shape index (κ3) is 2.07. The summed E-state index contributed by atoms with van der Waals surface area (Å²) in [7, 11) is 2.04. The first-order chi connectivity index (χ1) is 7.18. The molecule has 80 valence electrons. The Hall–Kier alpha value is -1.22. The van der Waals surface area contributed by atoms with Gasteiger partial charge in [-0.15, -0.1) is 11.6 Å². The van der Waals surface area contributed by atoms with Crippen LogP contribution in [0.4, 0.5) is 5.82 Å². The van der Waals surface area contributed by atoms with Gasteiger partial charge in [0.1, 0.15) is 11.5 Å². The maximum atomic E-state index is 5.98. The molecule has 0 radical (unpaired) electrons. The number of alkyl halides is 1. The van der Waals surface area contributed by atoms with Crippen molar-refractivity contribution < 1.29 is 0 Å². The Morgan fingerprint density at radius 2 is 2.33 bits per heavy atom. The first kappa shape index (κ1) is 10.3. The van der Waals surface area contributed by atoms with Crippen LogP contribution in [0.1, 0.15) is 6.92 Å². The van der Waals surface area contributed by atoms with E-state index in [1.807, 2.05) is 32.3 Å². The van der Waals surface area contributed by atoms with Crippen LogP contribution in [0.2, 0.25) is 0 Å². The molecule has 2 rings (SSSR count). The predicted molar refractivity (Wildman–Crippen MR) is 63.8 cm³/mol. The van der Waals surface area contributed by atoms with Crippen molar-refractivity contribution in [2.75, 3.05) is 18.5 Å². The van der Waals surface area contributed by atoms with Crippen LogP contribution in [-0.2, 0) is 0 Å². The van der Waals surface area contributed by atoms with Gasteiger partial charge >= 0.3 is 0 Å². The lowest BCUT2D eigenvalue weighted by Gasteiger charge is -2.21. The molecule has 0 N–H and O–H groups in total. The first-order valence-corrected chi connectivity index (χ1v) is 5.39. The van der Waals surface area contributed by atoms with Gasteiger partial charge < -0.3 is 4.90 Å². The predicted octanol–water partition coefficient (Wildman–Crippen LogP) is 2.40. The van der Waals surface area contributed by atoms with Crippen LogP contribution in [-0.4, -0.2) is 28.4 Å². The number of anilines is 1. The minimum atomic E-state index is 0.133. The largest absolute Gasteiger partial charge is 0.359 e. The Morgan fingerprint density at radius 3 is 3.07 bits per heavy atom. The van der Waals surface area contributed by atoms with Gasteiger partial charge in [0, 0.05) is 31.4 Å². The number of fused-ring (bicyclic) bond motifs is 1. The van der Waals surface area contributed by atoms with Crippen molar-refractivity contribution >= 4 is 23.1 Å². The molecule has 15 heavy (non-hydrogen) atoms. The molecule has 0 aromatic carbocycles. The van der Waals surface area contributed by atoms with Crippen LogP contribution in [0.5, 0.6) is 0 Å². The molecular formula is C11H14ClN3. The van der Waals surface area contributed by atoms with Crippen LogP contribution in [0.15, 0.2) is 30.6 Å². The molecule has 1 unspecified atom stereocenters. The number of halogens is 1. The second kappa shape index (κ2) is 4.11. The lowest BCUT2D eigenvalue weighted by atomic mass is 10.4. The van der Waals surface area contributed by atoms with Gasteiger partial charge in [0.15, 0.2) is 0 Å². The Labute approximate surface area is 94.3 Å². The fraction of sp³-hybridized carbons (Fsp3) is 0.364. The number of aromatic nitrogens is 2. The van der Waals surface area contributed by atoms with E-state index in [0.717, 1.165) is 18.0 Å². The van der Waals surface area contributed by atoms with E-state index in [2.05, 4.69) is 20.4 Å². The van der Waals surface area contributed by atoms with Crippen molar-refractivity contribution in [2.45, 2.75) is 12.3 Å². The average molecular weight is 224 g/mol. The van der Waals surface area contributed by atoms with Gasteiger partial charge in [-0.1, -0.05) is 6.07 Å². The fourth-order valence-corrected chi connectivity index (χ4v) is 1.92. The molecule has 3 nitrogen and oxygen atoms in total. The third-order valence-electron chi connectivity index (χ3n) is 2.32. The normalized spacial score (nSPS) is 13.0. The van der Waals surface area contributed by atoms with Crippen molar-refractivity contribution in [2.24, 2.45) is 0 Å². The van der Waals surface area contributed by atoms with Gasteiger partial charge in [-0.05, 0) is 19.1 Å². The van der Waals surface area contributed by atoms with E-state index in [0.29, 0.717) is 0 Å². The van der Waals surface area contributed by atoms with E-state index in [-0.39, 0.29) is 5.38 Å². The molecule has 2 heterocycles. The van der Waals surface area contributed by atoms with Crippen molar-refractivity contribution in [1.82, 2.24) is 9.38 Å². The summed E-state index contributed by atoms with van der Waals surface area (Å²) in [6.07, 6.45) is 3.76. The van der Waals surface area contributed by atoms with Crippen LogP contribution in [0, 0.1) is 0 Å². The van der Waals surface area contributed by atoms with Crippen LogP contribution >= 0.6 is 11.6 Å². The van der Waals surface area contributed by atoms with Crippen LogP contribution in [0.3, 0.4) is 0 Å². The molecule has 2 aromatic heterocycles. The van der Waals surface area contributed by atoms with Gasteiger partial charge in [-0.2, -0.15) is 0 Å². The van der Waals surface area contributed by atoms with Crippen LogP contribution in [0.25, 0.3) is 5.65 Å². The molecule has 0 aliphatic heterocycles. The molecule has 0 bridgehead atoms. The summed E-state index contributed by atoms with van der Waals surface area (Å²) in [6, 6.07) is 6.06. The lowest BCUT2D eigenvalue weighted by Crippen LogP contribution is -2.25. The highest BCUT2D eigenvalue weighted by Gasteiger charge is 2.07. The van der Waals surface area contributed by atoms with Gasteiger partial charge in [-0.25, -0.2) is 4.98 Å². The standard InChI is InChI=1S/C11H14ClN3/c1-9(12)8-14(2)11-5-3-4-10-13-6-7-15(10)11/h3-7,9H,8H2,1-2H3. The topological polar surface area (TPSA) is 20.5 Å². The number of hydrogen-bond donors (Lipinski definition) is 0. The zero-order chi connectivity index (χ0) is 10.8. The summed E-state index contributed by atoms with van der Waals surface area (Å²) >= 11 is 5.98. The maximum absolute atomic E-state index is 5.98. The molecular weight excluding hydrogens is 210 g/mol. The van der Waals surface area contributed by atoms with E-state index < -0.39 is 0 Å². The fourth-order valence-electron chi connectivity index (χ4n) is 1.71. The summed E-state index contributed by atoms with van der Waals surface area (Å²) < 4.78 is 2.05. The molecule has 0 spiro atoms. The summed E-state index contributed by atoms with van der Waals surface area (Å²) in [5.74, 6) is 1.11. The highest BCUT2D eigenvalue weighted by Crippen LogP contribution is 2.15. The molecule has 0 aliphatic rings. The van der Waals surface area contributed by atoms with Gasteiger partial charge in [0.25, 0.3) is 0 Å². The molecule has 0 aliphatic carbocycles. The first-order valence-electron chi connectivity index (χ1n) is 4.96. The van der Waals surface area contributed by atoms with E-state index in [1.54, 1.807) is 6.20 Å². The Bertz CT molecular complexity index is 450. The second-order valence-electron chi connectivity index (χ2n) is 3.70. The Balaban J connectivity index is 2.38. The Morgan fingerprint density at radius 1 is 1.53 bits per heavy atom. The average Bonchev–Trinajstić information content (AvgIpc) is 2.63. The molecule has 0 saturated carbocycles. The van der Waals surface area contributed by atoms with Gasteiger partial charge in [0.05, 0.1) is 0 Å². The smallest absolute Gasteiger partial charge is 0.138 e. The SMILES string of the molecule is CC(Cl)CN(C)c1cccc2nccn12. The molecule has 0 saturated heterocycles. The number of imidazole rings is 1. The van der Waals surface area contributed by atoms with Crippen molar-refractivity contribution in [1.29, 1.82) is 0 Å². The molecule has 0 amide bonds. The zero-order valence-corrected chi connectivity index (χ0v) is 9.65. The summed E-state index contributed by atoms with van der Waals surface area (Å²) in [4.78, 5) is 6.38. The van der Waals surface area contributed by atoms with Crippen LogP contribution < -0.4 is 4.90 Å². The minimum absolute atomic E-state index is 0.133.